The van der Waals surface area contributed by atoms with Crippen LogP contribution in [0.3, 0.4) is 0 Å². The van der Waals surface area contributed by atoms with E-state index in [-0.39, 0.29) is 0 Å². The van der Waals surface area contributed by atoms with Crippen LogP contribution in [0, 0.1) is 0 Å². The lowest BCUT2D eigenvalue weighted by Gasteiger charge is -2.21. The summed E-state index contributed by atoms with van der Waals surface area (Å²) in [6.07, 6.45) is 2.04. The predicted molar refractivity (Wildman–Crippen MR) is 64.7 cm³/mol. The molecule has 4 nitrogen and oxygen atoms in total. The van der Waals surface area contributed by atoms with E-state index < -0.39 is 6.23 Å². The highest BCUT2D eigenvalue weighted by molar-refractivity contribution is 6.30. The molecule has 5 heteroatoms. The van der Waals surface area contributed by atoms with Crippen molar-refractivity contribution in [1.29, 1.82) is 0 Å². The molecule has 1 atom stereocenters. The van der Waals surface area contributed by atoms with Crippen LogP contribution in [0.15, 0.2) is 24.3 Å². The van der Waals surface area contributed by atoms with E-state index in [9.17, 15) is 5.11 Å². The van der Waals surface area contributed by atoms with Crippen LogP contribution in [0.5, 0.6) is 0 Å². The van der Waals surface area contributed by atoms with E-state index in [1.165, 1.54) is 0 Å². The largest absolute Gasteiger partial charge is 0.373 e. The van der Waals surface area contributed by atoms with Gasteiger partial charge in [-0.25, -0.2) is 0 Å². The molecule has 0 saturated carbocycles. The highest BCUT2D eigenvalue weighted by Gasteiger charge is 2.23. The summed E-state index contributed by atoms with van der Waals surface area (Å²) in [7, 11) is 0. The van der Waals surface area contributed by atoms with Gasteiger partial charge in [0.25, 0.3) is 0 Å². The first-order valence-corrected chi connectivity index (χ1v) is 6.01. The normalized spacial score (nSPS) is 19.1. The van der Waals surface area contributed by atoms with E-state index in [2.05, 4.69) is 10.2 Å². The van der Waals surface area contributed by atoms with Crippen molar-refractivity contribution >= 4 is 11.6 Å². The van der Waals surface area contributed by atoms with Gasteiger partial charge < -0.3 is 5.11 Å². The lowest BCUT2D eigenvalue weighted by Crippen LogP contribution is -2.18. The van der Waals surface area contributed by atoms with Crippen molar-refractivity contribution in [2.45, 2.75) is 25.5 Å². The van der Waals surface area contributed by atoms with Crippen LogP contribution in [-0.2, 0) is 6.42 Å². The molecule has 1 unspecified atom stereocenters. The molecule has 1 aromatic carbocycles. The Morgan fingerprint density at radius 1 is 1.35 bits per heavy atom. The van der Waals surface area contributed by atoms with Crippen LogP contribution >= 0.6 is 11.6 Å². The van der Waals surface area contributed by atoms with E-state index in [1.807, 2.05) is 24.3 Å². The first-order valence-electron chi connectivity index (χ1n) is 5.63. The number of benzene rings is 1. The second-order valence-electron chi connectivity index (χ2n) is 4.19. The zero-order chi connectivity index (χ0) is 11.8. The second-order valence-corrected chi connectivity index (χ2v) is 4.63. The molecule has 1 aromatic heterocycles. The van der Waals surface area contributed by atoms with E-state index in [1.54, 1.807) is 4.57 Å². The summed E-state index contributed by atoms with van der Waals surface area (Å²) in [5.41, 5.74) is 0.886. The number of fused-ring (bicyclic) bond motifs is 1. The number of aliphatic hydroxyl groups is 1. The molecule has 0 amide bonds. The van der Waals surface area contributed by atoms with Crippen molar-refractivity contribution in [3.8, 4) is 11.4 Å². The molecule has 1 aliphatic heterocycles. The number of nitrogens with zero attached hydrogens (tertiary/aromatic N) is 3. The van der Waals surface area contributed by atoms with Gasteiger partial charge in [-0.1, -0.05) is 23.7 Å². The number of hydrogen-bond acceptors (Lipinski definition) is 3. The quantitative estimate of drug-likeness (QED) is 0.845. The third-order valence-electron chi connectivity index (χ3n) is 3.01. The Morgan fingerprint density at radius 3 is 3.06 bits per heavy atom. The summed E-state index contributed by atoms with van der Waals surface area (Å²) < 4.78 is 1.80. The summed E-state index contributed by atoms with van der Waals surface area (Å²) in [4.78, 5) is 0. The molecule has 0 bridgehead atoms. The number of aromatic nitrogens is 3. The molecule has 0 fully saturated rings. The van der Waals surface area contributed by atoms with Crippen LogP contribution in [0.4, 0.5) is 0 Å². The fraction of sp³-hybridized carbons (Fsp3) is 0.333. The molecule has 2 aromatic rings. The van der Waals surface area contributed by atoms with Crippen LogP contribution in [0.25, 0.3) is 11.4 Å². The zero-order valence-corrected chi connectivity index (χ0v) is 9.93. The van der Waals surface area contributed by atoms with Gasteiger partial charge in [0.1, 0.15) is 12.1 Å². The van der Waals surface area contributed by atoms with Gasteiger partial charge in [-0.05, 0) is 25.0 Å². The molecule has 0 saturated heterocycles. The molecular weight excluding hydrogens is 238 g/mol. The molecule has 88 valence electrons. The first kappa shape index (κ1) is 10.7. The van der Waals surface area contributed by atoms with Crippen molar-refractivity contribution in [2.24, 2.45) is 0 Å². The Hall–Kier alpha value is -1.39. The average molecular weight is 250 g/mol. The average Bonchev–Trinajstić information content (AvgIpc) is 2.74. The van der Waals surface area contributed by atoms with Crippen LogP contribution in [-0.4, -0.2) is 19.9 Å². The van der Waals surface area contributed by atoms with E-state index in [0.29, 0.717) is 10.8 Å². The van der Waals surface area contributed by atoms with Gasteiger partial charge in [-0.15, -0.1) is 10.2 Å². The maximum atomic E-state index is 10.0. The summed E-state index contributed by atoms with van der Waals surface area (Å²) >= 11 is 5.96. The van der Waals surface area contributed by atoms with Crippen LogP contribution in [0.1, 0.15) is 24.9 Å². The van der Waals surface area contributed by atoms with Crippen molar-refractivity contribution in [3.05, 3.63) is 35.1 Å². The van der Waals surface area contributed by atoms with Gasteiger partial charge in [0.15, 0.2) is 5.82 Å². The molecule has 17 heavy (non-hydrogen) atoms. The zero-order valence-electron chi connectivity index (χ0n) is 9.17. The van der Waals surface area contributed by atoms with Crippen molar-refractivity contribution in [1.82, 2.24) is 14.8 Å². The Balaban J connectivity index is 2.13. The molecule has 3 rings (SSSR count). The van der Waals surface area contributed by atoms with Crippen molar-refractivity contribution in [3.63, 3.8) is 0 Å². The molecule has 0 spiro atoms. The number of halogens is 1. The predicted octanol–water partition coefficient (Wildman–Crippen LogP) is 2.43. The minimum atomic E-state index is -0.525. The van der Waals surface area contributed by atoms with Gasteiger partial charge in [-0.2, -0.15) is 0 Å². The third kappa shape index (κ3) is 1.83. The van der Waals surface area contributed by atoms with Gasteiger partial charge >= 0.3 is 0 Å². The molecule has 0 aliphatic carbocycles. The molecular formula is C12H12ClN3O. The van der Waals surface area contributed by atoms with Gasteiger partial charge in [-0.3, -0.25) is 4.57 Å². The Bertz CT molecular complexity index is 552. The summed E-state index contributed by atoms with van der Waals surface area (Å²) in [5, 5.41) is 18.9. The maximum absolute atomic E-state index is 10.0. The minimum absolute atomic E-state index is 0.525. The molecule has 1 N–H and O–H groups in total. The number of rotatable bonds is 1. The third-order valence-corrected chi connectivity index (χ3v) is 3.25. The molecule has 0 radical (unpaired) electrons. The Morgan fingerprint density at radius 2 is 2.24 bits per heavy atom. The fourth-order valence-corrected chi connectivity index (χ4v) is 2.39. The second kappa shape index (κ2) is 4.13. The fourth-order valence-electron chi connectivity index (χ4n) is 2.20. The number of aryl methyl sites for hydroxylation is 1. The highest BCUT2D eigenvalue weighted by Crippen LogP contribution is 2.29. The maximum Gasteiger partial charge on any atom is 0.166 e. The van der Waals surface area contributed by atoms with E-state index in [4.69, 9.17) is 11.6 Å². The summed E-state index contributed by atoms with van der Waals surface area (Å²) in [6, 6.07) is 7.44. The summed E-state index contributed by atoms with van der Waals surface area (Å²) in [6.45, 7) is 0. The monoisotopic (exact) mass is 249 g/mol. The standard InChI is InChI=1S/C12H12ClN3O/c13-9-4-1-3-8(7-9)12-15-14-10-5-2-6-11(17)16(10)12/h1,3-4,7,11,17H,2,5-6H2. The molecule has 1 aliphatic rings. The first-order chi connectivity index (χ1) is 8.25. The topological polar surface area (TPSA) is 50.9 Å². The highest BCUT2D eigenvalue weighted by atomic mass is 35.5. The SMILES string of the molecule is OC1CCCc2nnc(-c3cccc(Cl)c3)n21. The number of aliphatic hydroxyl groups excluding tert-OH is 1. The lowest BCUT2D eigenvalue weighted by molar-refractivity contribution is 0.0796. The Labute approximate surface area is 104 Å². The van der Waals surface area contributed by atoms with Crippen molar-refractivity contribution < 1.29 is 5.11 Å². The van der Waals surface area contributed by atoms with Gasteiger partial charge in [0.05, 0.1) is 0 Å². The van der Waals surface area contributed by atoms with Gasteiger partial charge in [0.2, 0.25) is 0 Å². The smallest absolute Gasteiger partial charge is 0.166 e. The lowest BCUT2D eigenvalue weighted by atomic mass is 10.1. The summed E-state index contributed by atoms with van der Waals surface area (Å²) in [5.74, 6) is 1.54. The Kier molecular flexibility index (Phi) is 2.61. The number of hydrogen-bond donors (Lipinski definition) is 1. The van der Waals surface area contributed by atoms with Gasteiger partial charge in [0, 0.05) is 17.0 Å². The van der Waals surface area contributed by atoms with Crippen molar-refractivity contribution in [2.75, 3.05) is 0 Å². The molecule has 2 heterocycles. The van der Waals surface area contributed by atoms with E-state index in [0.717, 1.165) is 30.7 Å². The van der Waals surface area contributed by atoms with E-state index >= 15 is 0 Å². The van der Waals surface area contributed by atoms with Crippen LogP contribution in [0.2, 0.25) is 5.02 Å². The minimum Gasteiger partial charge on any atom is -0.373 e. The van der Waals surface area contributed by atoms with Crippen LogP contribution < -0.4 is 0 Å².